The fourth-order valence-corrected chi connectivity index (χ4v) is 1.99. The van der Waals surface area contributed by atoms with Gasteiger partial charge in [-0.05, 0) is 25.5 Å². The highest BCUT2D eigenvalue weighted by Gasteiger charge is 2.09. The molecule has 0 radical (unpaired) electrons. The van der Waals surface area contributed by atoms with E-state index in [-0.39, 0.29) is 6.42 Å². The SMILES string of the molecule is CCC(C)n1ccc(COc2ccccc2CC(=O)O)n1. The van der Waals surface area contributed by atoms with Crippen molar-refractivity contribution in [3.05, 3.63) is 47.8 Å². The highest BCUT2D eigenvalue weighted by molar-refractivity contribution is 5.71. The first-order valence-electron chi connectivity index (χ1n) is 7.06. The Morgan fingerprint density at radius 1 is 1.38 bits per heavy atom. The maximum Gasteiger partial charge on any atom is 0.307 e. The normalized spacial score (nSPS) is 12.1. The average Bonchev–Trinajstić information content (AvgIpc) is 2.94. The molecule has 1 aromatic carbocycles. The third-order valence-electron chi connectivity index (χ3n) is 3.40. The molecule has 1 aromatic heterocycles. The van der Waals surface area contributed by atoms with E-state index in [0.29, 0.717) is 24.0 Å². The van der Waals surface area contributed by atoms with Crippen LogP contribution in [0.1, 0.15) is 37.6 Å². The van der Waals surface area contributed by atoms with Gasteiger partial charge in [0.15, 0.2) is 0 Å². The van der Waals surface area contributed by atoms with Crippen molar-refractivity contribution in [1.29, 1.82) is 0 Å². The van der Waals surface area contributed by atoms with Crippen molar-refractivity contribution in [2.45, 2.75) is 39.3 Å². The molecule has 5 nitrogen and oxygen atoms in total. The van der Waals surface area contributed by atoms with Crippen LogP contribution in [-0.4, -0.2) is 20.9 Å². The summed E-state index contributed by atoms with van der Waals surface area (Å²) in [6, 6.07) is 9.47. The van der Waals surface area contributed by atoms with Crippen LogP contribution in [0.3, 0.4) is 0 Å². The van der Waals surface area contributed by atoms with E-state index in [1.165, 1.54) is 0 Å². The van der Waals surface area contributed by atoms with Crippen LogP contribution in [0, 0.1) is 0 Å². The molecule has 0 fully saturated rings. The highest BCUT2D eigenvalue weighted by atomic mass is 16.5. The summed E-state index contributed by atoms with van der Waals surface area (Å²) in [5.41, 5.74) is 1.51. The number of nitrogens with zero attached hydrogens (tertiary/aromatic N) is 2. The van der Waals surface area contributed by atoms with Crippen LogP contribution in [-0.2, 0) is 17.8 Å². The molecule has 2 aromatic rings. The maximum absolute atomic E-state index is 10.8. The molecule has 0 saturated carbocycles. The number of carboxylic acid groups (broad SMARTS) is 1. The van der Waals surface area contributed by atoms with Gasteiger partial charge in [0.2, 0.25) is 0 Å². The second kappa shape index (κ2) is 6.92. The number of benzene rings is 1. The summed E-state index contributed by atoms with van der Waals surface area (Å²) in [6.07, 6.45) is 2.91. The first-order valence-corrected chi connectivity index (χ1v) is 7.06. The molecule has 1 unspecified atom stereocenters. The molecule has 0 saturated heterocycles. The summed E-state index contributed by atoms with van der Waals surface area (Å²) in [7, 11) is 0. The summed E-state index contributed by atoms with van der Waals surface area (Å²) < 4.78 is 7.63. The zero-order valence-corrected chi connectivity index (χ0v) is 12.3. The minimum atomic E-state index is -0.868. The number of carboxylic acids is 1. The topological polar surface area (TPSA) is 64.3 Å². The second-order valence-electron chi connectivity index (χ2n) is 5.01. The smallest absolute Gasteiger partial charge is 0.307 e. The minimum Gasteiger partial charge on any atom is -0.487 e. The zero-order valence-electron chi connectivity index (χ0n) is 12.3. The summed E-state index contributed by atoms with van der Waals surface area (Å²) >= 11 is 0. The molecule has 0 aliphatic carbocycles. The molecule has 1 atom stereocenters. The molecule has 1 N–H and O–H groups in total. The lowest BCUT2D eigenvalue weighted by Gasteiger charge is -2.10. The van der Waals surface area contributed by atoms with Gasteiger partial charge < -0.3 is 9.84 Å². The Labute approximate surface area is 124 Å². The van der Waals surface area contributed by atoms with E-state index in [2.05, 4.69) is 18.9 Å². The van der Waals surface area contributed by atoms with Crippen molar-refractivity contribution >= 4 is 5.97 Å². The summed E-state index contributed by atoms with van der Waals surface area (Å²) in [4.78, 5) is 10.8. The van der Waals surface area contributed by atoms with E-state index in [9.17, 15) is 4.79 Å². The van der Waals surface area contributed by atoms with Crippen LogP contribution in [0.15, 0.2) is 36.5 Å². The van der Waals surface area contributed by atoms with Gasteiger partial charge in [-0.2, -0.15) is 5.10 Å². The summed E-state index contributed by atoms with van der Waals surface area (Å²) in [5, 5.41) is 13.4. The zero-order chi connectivity index (χ0) is 15.2. The average molecular weight is 288 g/mol. The molecule has 1 heterocycles. The van der Waals surface area contributed by atoms with Gasteiger partial charge in [0.25, 0.3) is 0 Å². The Morgan fingerprint density at radius 3 is 2.86 bits per heavy atom. The number of aromatic nitrogens is 2. The summed E-state index contributed by atoms with van der Waals surface area (Å²) in [6.45, 7) is 4.56. The number of carbonyl (C=O) groups is 1. The molecule has 0 amide bonds. The minimum absolute atomic E-state index is 0.0442. The van der Waals surface area contributed by atoms with Crippen LogP contribution in [0.2, 0.25) is 0 Å². The fraction of sp³-hybridized carbons (Fsp3) is 0.375. The predicted octanol–water partition coefficient (Wildman–Crippen LogP) is 3.06. The van der Waals surface area contributed by atoms with Crippen molar-refractivity contribution in [2.24, 2.45) is 0 Å². The molecule has 0 aliphatic heterocycles. The van der Waals surface area contributed by atoms with Crippen LogP contribution in [0.4, 0.5) is 0 Å². The Kier molecular flexibility index (Phi) is 4.98. The van der Waals surface area contributed by atoms with E-state index in [4.69, 9.17) is 9.84 Å². The lowest BCUT2D eigenvalue weighted by molar-refractivity contribution is -0.136. The first-order chi connectivity index (χ1) is 10.1. The predicted molar refractivity (Wildman–Crippen MR) is 79.3 cm³/mol. The standard InChI is InChI=1S/C16H20N2O3/c1-3-12(2)18-9-8-14(17-18)11-21-15-7-5-4-6-13(15)10-16(19)20/h4-9,12H,3,10-11H2,1-2H3,(H,19,20). The monoisotopic (exact) mass is 288 g/mol. The van der Waals surface area contributed by atoms with Crippen LogP contribution in [0.25, 0.3) is 0 Å². The first kappa shape index (κ1) is 15.1. The van der Waals surface area contributed by atoms with Gasteiger partial charge >= 0.3 is 5.97 Å². The van der Waals surface area contributed by atoms with E-state index in [1.54, 1.807) is 12.1 Å². The van der Waals surface area contributed by atoms with E-state index in [1.807, 2.05) is 29.1 Å². The maximum atomic E-state index is 10.8. The van der Waals surface area contributed by atoms with E-state index < -0.39 is 5.97 Å². The molecule has 2 rings (SSSR count). The number of para-hydroxylation sites is 1. The van der Waals surface area contributed by atoms with Crippen molar-refractivity contribution in [3.63, 3.8) is 0 Å². The van der Waals surface area contributed by atoms with Crippen molar-refractivity contribution in [2.75, 3.05) is 0 Å². The van der Waals surface area contributed by atoms with Crippen molar-refractivity contribution < 1.29 is 14.6 Å². The third kappa shape index (κ3) is 4.08. The lowest BCUT2D eigenvalue weighted by atomic mass is 10.1. The Morgan fingerprint density at radius 2 is 2.14 bits per heavy atom. The van der Waals surface area contributed by atoms with Gasteiger partial charge in [0.1, 0.15) is 12.4 Å². The Bertz CT molecular complexity index is 607. The molecule has 112 valence electrons. The Balaban J connectivity index is 2.03. The fourth-order valence-electron chi connectivity index (χ4n) is 1.99. The van der Waals surface area contributed by atoms with Crippen LogP contribution in [0.5, 0.6) is 5.75 Å². The number of hydrogen-bond acceptors (Lipinski definition) is 3. The van der Waals surface area contributed by atoms with Gasteiger partial charge in [0, 0.05) is 17.8 Å². The second-order valence-corrected chi connectivity index (χ2v) is 5.01. The quantitative estimate of drug-likeness (QED) is 0.850. The summed E-state index contributed by atoms with van der Waals surface area (Å²) in [5.74, 6) is -0.273. The molecular weight excluding hydrogens is 268 g/mol. The molecule has 0 bridgehead atoms. The van der Waals surface area contributed by atoms with E-state index in [0.717, 1.165) is 12.1 Å². The number of ether oxygens (including phenoxy) is 1. The number of hydrogen-bond donors (Lipinski definition) is 1. The van der Waals surface area contributed by atoms with Gasteiger partial charge in [-0.3, -0.25) is 9.48 Å². The number of rotatable bonds is 7. The third-order valence-corrected chi connectivity index (χ3v) is 3.40. The molecule has 0 aliphatic rings. The highest BCUT2D eigenvalue weighted by Crippen LogP contribution is 2.20. The van der Waals surface area contributed by atoms with Crippen LogP contribution >= 0.6 is 0 Å². The molecule has 0 spiro atoms. The largest absolute Gasteiger partial charge is 0.487 e. The van der Waals surface area contributed by atoms with E-state index >= 15 is 0 Å². The van der Waals surface area contributed by atoms with Gasteiger partial charge in [-0.25, -0.2) is 0 Å². The molecular formula is C16H20N2O3. The molecule has 5 heteroatoms. The number of aliphatic carboxylic acids is 1. The lowest BCUT2D eigenvalue weighted by Crippen LogP contribution is -2.07. The van der Waals surface area contributed by atoms with Crippen LogP contribution < -0.4 is 4.74 Å². The molecule has 21 heavy (non-hydrogen) atoms. The van der Waals surface area contributed by atoms with Gasteiger partial charge in [-0.15, -0.1) is 0 Å². The van der Waals surface area contributed by atoms with Gasteiger partial charge in [-0.1, -0.05) is 25.1 Å². The van der Waals surface area contributed by atoms with Gasteiger partial charge in [0.05, 0.1) is 12.1 Å². The Hall–Kier alpha value is -2.30. The van der Waals surface area contributed by atoms with Crippen molar-refractivity contribution in [1.82, 2.24) is 9.78 Å². The van der Waals surface area contributed by atoms with Crippen molar-refractivity contribution in [3.8, 4) is 5.75 Å².